The van der Waals surface area contributed by atoms with Crippen molar-refractivity contribution in [3.63, 3.8) is 0 Å². The Morgan fingerprint density at radius 3 is 2.74 bits per heavy atom. The van der Waals surface area contributed by atoms with E-state index in [0.717, 1.165) is 5.56 Å². The molecule has 0 aliphatic carbocycles. The third kappa shape index (κ3) is 5.93. The van der Waals surface area contributed by atoms with Gasteiger partial charge in [0.05, 0.1) is 23.1 Å². The maximum absolute atomic E-state index is 12.3. The van der Waals surface area contributed by atoms with E-state index >= 15 is 0 Å². The molecule has 2 heterocycles. The number of hydrogen-bond acceptors (Lipinski definition) is 7. The fourth-order valence-corrected chi connectivity index (χ4v) is 2.87. The number of nitrogens with zero attached hydrogens (tertiary/aromatic N) is 3. The number of fused-ring (bicyclic) bond motifs is 1. The van der Waals surface area contributed by atoms with Crippen LogP contribution in [0.2, 0.25) is 5.15 Å². The van der Waals surface area contributed by atoms with Gasteiger partial charge in [-0.05, 0) is 50.6 Å². The lowest BCUT2D eigenvalue weighted by atomic mass is 10.1. The van der Waals surface area contributed by atoms with Crippen molar-refractivity contribution in [3.8, 4) is 6.07 Å². The topological polar surface area (TPSA) is 130 Å². The molecule has 3 aromatic rings. The first-order chi connectivity index (χ1) is 14.6. The highest BCUT2D eigenvalue weighted by atomic mass is 35.5. The molecule has 2 amide bonds. The van der Waals surface area contributed by atoms with E-state index in [1.54, 1.807) is 39.0 Å². The normalized spacial score (nSPS) is 11.1. The summed E-state index contributed by atoms with van der Waals surface area (Å²) in [5, 5.41) is 19.1. The Balaban J connectivity index is 1.63. The molecule has 0 radical (unpaired) electrons. The molecule has 0 fully saturated rings. The number of hydrogen-bond donors (Lipinski definition) is 2. The number of anilines is 1. The summed E-state index contributed by atoms with van der Waals surface area (Å²) in [7, 11) is 0. The summed E-state index contributed by atoms with van der Waals surface area (Å²) in [6.07, 6.45) is -0.705. The Bertz CT molecular complexity index is 1180. The molecule has 160 valence electrons. The zero-order valence-corrected chi connectivity index (χ0v) is 17.9. The lowest BCUT2D eigenvalue weighted by Crippen LogP contribution is -2.27. The molecule has 9 nitrogen and oxygen atoms in total. The molecule has 0 unspecified atom stereocenters. The van der Waals surface area contributed by atoms with Crippen molar-refractivity contribution < 1.29 is 18.8 Å². The van der Waals surface area contributed by atoms with Crippen LogP contribution < -0.4 is 10.6 Å². The molecular formula is C21H20ClN5O4. The summed E-state index contributed by atoms with van der Waals surface area (Å²) in [4.78, 5) is 28.2. The highest BCUT2D eigenvalue weighted by molar-refractivity contribution is 6.29. The standard InChI is InChI=1S/C21H20ClN5O4/c1-21(2,3)30-20(29)26-19-14-6-4-12(8-16(14)31-27-19)11-24-18(28)9-15-13(10-23)5-7-17(22)25-15/h4-8H,9,11H2,1-3H3,(H,24,28)(H,26,27,29). The van der Waals surface area contributed by atoms with Crippen molar-refractivity contribution in [2.24, 2.45) is 0 Å². The zero-order valence-electron chi connectivity index (χ0n) is 17.2. The molecule has 0 aliphatic heterocycles. The SMILES string of the molecule is CC(C)(C)OC(=O)Nc1noc2cc(CNC(=O)Cc3nc(Cl)ccc3C#N)ccc12. The summed E-state index contributed by atoms with van der Waals surface area (Å²) in [5.74, 6) is -0.0629. The van der Waals surface area contributed by atoms with Gasteiger partial charge in [0, 0.05) is 6.54 Å². The second kappa shape index (κ2) is 9.02. The van der Waals surface area contributed by atoms with E-state index in [2.05, 4.69) is 20.8 Å². The van der Waals surface area contributed by atoms with Gasteiger partial charge in [-0.2, -0.15) is 5.26 Å². The molecule has 31 heavy (non-hydrogen) atoms. The van der Waals surface area contributed by atoms with Gasteiger partial charge in [0.25, 0.3) is 0 Å². The van der Waals surface area contributed by atoms with Crippen LogP contribution in [0.5, 0.6) is 0 Å². The summed E-state index contributed by atoms with van der Waals surface area (Å²) >= 11 is 5.85. The smallest absolute Gasteiger partial charge is 0.413 e. The van der Waals surface area contributed by atoms with Crippen molar-refractivity contribution >= 4 is 40.4 Å². The highest BCUT2D eigenvalue weighted by Gasteiger charge is 2.19. The Labute approximate surface area is 183 Å². The average molecular weight is 442 g/mol. The van der Waals surface area contributed by atoms with Crippen LogP contribution in [0.25, 0.3) is 11.0 Å². The van der Waals surface area contributed by atoms with Gasteiger partial charge in [-0.1, -0.05) is 22.8 Å². The fourth-order valence-electron chi connectivity index (χ4n) is 2.71. The van der Waals surface area contributed by atoms with Crippen LogP contribution in [-0.2, 0) is 22.5 Å². The van der Waals surface area contributed by atoms with Gasteiger partial charge < -0.3 is 14.6 Å². The predicted molar refractivity (Wildman–Crippen MR) is 113 cm³/mol. The minimum atomic E-state index is -0.635. The van der Waals surface area contributed by atoms with Crippen LogP contribution in [0.3, 0.4) is 0 Å². The van der Waals surface area contributed by atoms with E-state index in [1.807, 2.05) is 6.07 Å². The number of carbonyl (C=O) groups is 2. The highest BCUT2D eigenvalue weighted by Crippen LogP contribution is 2.24. The van der Waals surface area contributed by atoms with Gasteiger partial charge in [-0.25, -0.2) is 9.78 Å². The van der Waals surface area contributed by atoms with Gasteiger partial charge in [0.1, 0.15) is 16.8 Å². The zero-order chi connectivity index (χ0) is 22.6. The molecule has 0 atom stereocenters. The van der Waals surface area contributed by atoms with E-state index < -0.39 is 11.7 Å². The summed E-state index contributed by atoms with van der Waals surface area (Å²) in [6.45, 7) is 5.51. The molecule has 3 rings (SSSR count). The number of nitrogens with one attached hydrogen (secondary N) is 2. The van der Waals surface area contributed by atoms with Gasteiger partial charge in [-0.15, -0.1) is 0 Å². The van der Waals surface area contributed by atoms with E-state index in [9.17, 15) is 9.59 Å². The molecule has 0 saturated heterocycles. The molecule has 1 aromatic carbocycles. The van der Waals surface area contributed by atoms with Crippen molar-refractivity contribution in [3.05, 3.63) is 52.3 Å². The van der Waals surface area contributed by atoms with Gasteiger partial charge in [-0.3, -0.25) is 10.1 Å². The maximum atomic E-state index is 12.3. The average Bonchev–Trinajstić information content (AvgIpc) is 3.07. The van der Waals surface area contributed by atoms with Gasteiger partial charge in [0.15, 0.2) is 11.4 Å². The monoisotopic (exact) mass is 441 g/mol. The molecule has 0 bridgehead atoms. The number of carbonyl (C=O) groups excluding carboxylic acids is 2. The van der Waals surface area contributed by atoms with Crippen molar-refractivity contribution in [2.45, 2.75) is 39.3 Å². The summed E-state index contributed by atoms with van der Waals surface area (Å²) in [6, 6.07) is 10.2. The number of ether oxygens (including phenoxy) is 1. The number of amides is 2. The maximum Gasteiger partial charge on any atom is 0.413 e. The Morgan fingerprint density at radius 1 is 1.26 bits per heavy atom. The van der Waals surface area contributed by atoms with E-state index in [1.165, 1.54) is 12.1 Å². The molecule has 2 N–H and O–H groups in total. The van der Waals surface area contributed by atoms with Crippen LogP contribution in [0.1, 0.15) is 37.6 Å². The number of halogens is 1. The lowest BCUT2D eigenvalue weighted by Gasteiger charge is -2.19. The van der Waals surface area contributed by atoms with E-state index in [-0.39, 0.29) is 29.8 Å². The van der Waals surface area contributed by atoms with Crippen molar-refractivity contribution in [1.82, 2.24) is 15.5 Å². The van der Waals surface area contributed by atoms with Gasteiger partial charge >= 0.3 is 6.09 Å². The van der Waals surface area contributed by atoms with Crippen molar-refractivity contribution in [2.75, 3.05) is 5.32 Å². The quantitative estimate of drug-likeness (QED) is 0.573. The molecule has 0 aliphatic rings. The molecule has 0 spiro atoms. The first-order valence-corrected chi connectivity index (χ1v) is 9.73. The number of benzene rings is 1. The third-order valence-corrected chi connectivity index (χ3v) is 4.24. The largest absolute Gasteiger partial charge is 0.444 e. The molecular weight excluding hydrogens is 422 g/mol. The number of aromatic nitrogens is 2. The van der Waals surface area contributed by atoms with Crippen LogP contribution >= 0.6 is 11.6 Å². The first kappa shape index (κ1) is 22.1. The summed E-state index contributed by atoms with van der Waals surface area (Å²) in [5.41, 5.74) is 1.19. The van der Waals surface area contributed by atoms with Crippen molar-refractivity contribution in [1.29, 1.82) is 5.26 Å². The minimum Gasteiger partial charge on any atom is -0.444 e. The molecule has 2 aromatic heterocycles. The van der Waals surface area contributed by atoms with Crippen LogP contribution in [-0.4, -0.2) is 27.7 Å². The Hall–Kier alpha value is -3.64. The van der Waals surface area contributed by atoms with Crippen LogP contribution in [0, 0.1) is 11.3 Å². The van der Waals surface area contributed by atoms with Crippen LogP contribution in [0.15, 0.2) is 34.9 Å². The predicted octanol–water partition coefficient (Wildman–Crippen LogP) is 3.95. The Morgan fingerprint density at radius 2 is 2.03 bits per heavy atom. The molecule has 0 saturated carbocycles. The van der Waals surface area contributed by atoms with Crippen LogP contribution in [0.4, 0.5) is 10.6 Å². The van der Waals surface area contributed by atoms with E-state index in [0.29, 0.717) is 22.2 Å². The lowest BCUT2D eigenvalue weighted by molar-refractivity contribution is -0.120. The fraction of sp³-hybridized carbons (Fsp3) is 0.286. The Kier molecular flexibility index (Phi) is 6.42. The minimum absolute atomic E-state index is 0.0715. The second-order valence-corrected chi connectivity index (χ2v) is 8.07. The number of pyridine rings is 1. The van der Waals surface area contributed by atoms with E-state index in [4.69, 9.17) is 26.1 Å². The first-order valence-electron chi connectivity index (χ1n) is 9.35. The van der Waals surface area contributed by atoms with Gasteiger partial charge in [0.2, 0.25) is 5.91 Å². The molecule has 10 heteroatoms. The number of nitriles is 1. The third-order valence-electron chi connectivity index (χ3n) is 4.03. The summed E-state index contributed by atoms with van der Waals surface area (Å²) < 4.78 is 10.5. The number of rotatable bonds is 5. The second-order valence-electron chi connectivity index (χ2n) is 7.68.